The number of benzene rings is 2. The minimum absolute atomic E-state index is 0.132. The van der Waals surface area contributed by atoms with E-state index in [1.54, 1.807) is 0 Å². The monoisotopic (exact) mass is 265 g/mol. The van der Waals surface area contributed by atoms with Crippen molar-refractivity contribution in [3.05, 3.63) is 59.7 Å². The van der Waals surface area contributed by atoms with Crippen LogP contribution in [-0.4, -0.2) is 18.0 Å². The molecule has 1 aliphatic heterocycles. The van der Waals surface area contributed by atoms with Crippen molar-refractivity contribution in [3.8, 4) is 11.1 Å². The number of nitrogens with zero attached hydrogens (tertiary/aromatic N) is 1. The maximum atomic E-state index is 5.82. The topological polar surface area (TPSA) is 21.6 Å². The Balaban J connectivity index is 2.13. The summed E-state index contributed by atoms with van der Waals surface area (Å²) in [6.45, 7) is 6.93. The molecular weight excluding hydrogens is 246 g/mol. The predicted molar refractivity (Wildman–Crippen MR) is 83.2 cm³/mol. The minimum Gasteiger partial charge on any atom is -0.475 e. The van der Waals surface area contributed by atoms with Crippen molar-refractivity contribution in [3.63, 3.8) is 0 Å². The van der Waals surface area contributed by atoms with Crippen molar-refractivity contribution >= 4 is 5.90 Å². The second-order valence-electron chi connectivity index (χ2n) is 5.93. The Labute approximate surface area is 120 Å². The molecule has 0 saturated heterocycles. The zero-order valence-corrected chi connectivity index (χ0v) is 12.2. The van der Waals surface area contributed by atoms with Crippen LogP contribution in [0.25, 0.3) is 11.1 Å². The molecule has 0 aromatic heterocycles. The normalized spacial score (nSPS) is 16.6. The van der Waals surface area contributed by atoms with E-state index < -0.39 is 0 Å². The van der Waals surface area contributed by atoms with Gasteiger partial charge in [-0.1, -0.05) is 48.0 Å². The Kier molecular flexibility index (Phi) is 3.09. The third-order valence-electron chi connectivity index (χ3n) is 3.46. The maximum Gasteiger partial charge on any atom is 0.217 e. The second-order valence-corrected chi connectivity index (χ2v) is 5.93. The SMILES string of the molecule is Cc1ccc(-c2ccccc2)c(C2=NC(C)(C)CO2)c1. The Morgan fingerprint density at radius 3 is 2.40 bits per heavy atom. The molecule has 0 fully saturated rings. The highest BCUT2D eigenvalue weighted by molar-refractivity contribution is 6.02. The molecule has 0 saturated carbocycles. The first-order valence-corrected chi connectivity index (χ1v) is 6.94. The van der Waals surface area contributed by atoms with Gasteiger partial charge >= 0.3 is 0 Å². The summed E-state index contributed by atoms with van der Waals surface area (Å²) in [4.78, 5) is 4.71. The average molecular weight is 265 g/mol. The summed E-state index contributed by atoms with van der Waals surface area (Å²) in [6, 6.07) is 16.8. The maximum absolute atomic E-state index is 5.82. The largest absolute Gasteiger partial charge is 0.475 e. The smallest absolute Gasteiger partial charge is 0.217 e. The van der Waals surface area contributed by atoms with E-state index in [1.807, 2.05) is 6.07 Å². The summed E-state index contributed by atoms with van der Waals surface area (Å²) < 4.78 is 5.82. The van der Waals surface area contributed by atoms with Gasteiger partial charge in [-0.15, -0.1) is 0 Å². The lowest BCUT2D eigenvalue weighted by atomic mass is 9.97. The fourth-order valence-corrected chi connectivity index (χ4v) is 2.43. The molecule has 0 unspecified atom stereocenters. The summed E-state index contributed by atoms with van der Waals surface area (Å²) >= 11 is 0. The molecule has 20 heavy (non-hydrogen) atoms. The van der Waals surface area contributed by atoms with Crippen LogP contribution in [0.1, 0.15) is 25.0 Å². The van der Waals surface area contributed by atoms with E-state index in [9.17, 15) is 0 Å². The van der Waals surface area contributed by atoms with E-state index in [2.05, 4.69) is 63.2 Å². The summed E-state index contributed by atoms with van der Waals surface area (Å²) in [5.41, 5.74) is 4.54. The molecule has 2 aromatic carbocycles. The van der Waals surface area contributed by atoms with Gasteiger partial charge in [0.15, 0.2) is 0 Å². The minimum atomic E-state index is -0.132. The highest BCUT2D eigenvalue weighted by Gasteiger charge is 2.28. The molecule has 0 aliphatic carbocycles. The van der Waals surface area contributed by atoms with Gasteiger partial charge in [0.25, 0.3) is 0 Å². The number of hydrogen-bond acceptors (Lipinski definition) is 2. The molecule has 0 spiro atoms. The molecule has 2 aromatic rings. The quantitative estimate of drug-likeness (QED) is 0.796. The van der Waals surface area contributed by atoms with Gasteiger partial charge in [0.1, 0.15) is 6.61 Å². The van der Waals surface area contributed by atoms with Crippen molar-refractivity contribution in [2.75, 3.05) is 6.61 Å². The second kappa shape index (κ2) is 4.78. The molecule has 2 nitrogen and oxygen atoms in total. The van der Waals surface area contributed by atoms with Gasteiger partial charge in [-0.2, -0.15) is 0 Å². The van der Waals surface area contributed by atoms with Gasteiger partial charge in [0, 0.05) is 5.56 Å². The number of rotatable bonds is 2. The third kappa shape index (κ3) is 2.46. The predicted octanol–water partition coefficient (Wildman–Crippen LogP) is 4.22. The number of aliphatic imine (C=N–C) groups is 1. The summed E-state index contributed by atoms with van der Waals surface area (Å²) in [7, 11) is 0. The lowest BCUT2D eigenvalue weighted by Gasteiger charge is -2.10. The molecule has 0 bridgehead atoms. The van der Waals surface area contributed by atoms with Gasteiger partial charge in [-0.05, 0) is 38.0 Å². The fraction of sp³-hybridized carbons (Fsp3) is 0.278. The van der Waals surface area contributed by atoms with E-state index in [0.29, 0.717) is 6.61 Å². The van der Waals surface area contributed by atoms with E-state index in [1.165, 1.54) is 16.7 Å². The average Bonchev–Trinajstić information content (AvgIpc) is 2.80. The first-order chi connectivity index (χ1) is 9.55. The van der Waals surface area contributed by atoms with Gasteiger partial charge in [-0.3, -0.25) is 0 Å². The first-order valence-electron chi connectivity index (χ1n) is 6.94. The van der Waals surface area contributed by atoms with Gasteiger partial charge in [0.05, 0.1) is 5.54 Å². The molecule has 1 heterocycles. The molecule has 0 radical (unpaired) electrons. The summed E-state index contributed by atoms with van der Waals surface area (Å²) in [5, 5.41) is 0. The molecule has 1 aliphatic rings. The number of ether oxygens (including phenoxy) is 1. The third-order valence-corrected chi connectivity index (χ3v) is 3.46. The van der Waals surface area contributed by atoms with Crippen molar-refractivity contribution in [2.45, 2.75) is 26.3 Å². The van der Waals surface area contributed by atoms with Crippen LogP contribution in [0.15, 0.2) is 53.5 Å². The van der Waals surface area contributed by atoms with E-state index in [0.717, 1.165) is 11.5 Å². The highest BCUT2D eigenvalue weighted by Crippen LogP contribution is 2.29. The van der Waals surface area contributed by atoms with Crippen molar-refractivity contribution in [1.29, 1.82) is 0 Å². The molecule has 0 atom stereocenters. The van der Waals surface area contributed by atoms with Gasteiger partial charge in [0.2, 0.25) is 5.90 Å². The summed E-state index contributed by atoms with van der Waals surface area (Å²) in [6.07, 6.45) is 0. The van der Waals surface area contributed by atoms with Crippen molar-refractivity contribution in [2.24, 2.45) is 4.99 Å². The van der Waals surface area contributed by atoms with Crippen LogP contribution in [0, 0.1) is 6.92 Å². The standard InChI is InChI=1S/C18H19NO/c1-13-9-10-15(14-7-5-4-6-8-14)16(11-13)17-19-18(2,3)12-20-17/h4-11H,12H2,1-3H3. The van der Waals surface area contributed by atoms with Crippen molar-refractivity contribution < 1.29 is 4.74 Å². The van der Waals surface area contributed by atoms with E-state index in [-0.39, 0.29) is 5.54 Å². The van der Waals surface area contributed by atoms with Crippen LogP contribution in [0.4, 0.5) is 0 Å². The van der Waals surface area contributed by atoms with Crippen LogP contribution >= 0.6 is 0 Å². The molecule has 102 valence electrons. The zero-order valence-electron chi connectivity index (χ0n) is 12.2. The summed E-state index contributed by atoms with van der Waals surface area (Å²) in [5.74, 6) is 0.762. The van der Waals surface area contributed by atoms with Gasteiger partial charge in [-0.25, -0.2) is 4.99 Å². The zero-order chi connectivity index (χ0) is 14.2. The van der Waals surface area contributed by atoms with Gasteiger partial charge < -0.3 is 4.74 Å². The van der Waals surface area contributed by atoms with E-state index >= 15 is 0 Å². The Morgan fingerprint density at radius 1 is 1.00 bits per heavy atom. The lowest BCUT2D eigenvalue weighted by molar-refractivity contribution is 0.279. The Bertz CT molecular complexity index is 656. The molecule has 3 rings (SSSR count). The van der Waals surface area contributed by atoms with Crippen LogP contribution in [-0.2, 0) is 4.74 Å². The van der Waals surface area contributed by atoms with Crippen LogP contribution < -0.4 is 0 Å². The number of aryl methyl sites for hydroxylation is 1. The first kappa shape index (κ1) is 12.9. The molecular formula is C18H19NO. The highest BCUT2D eigenvalue weighted by atomic mass is 16.5. The van der Waals surface area contributed by atoms with Crippen molar-refractivity contribution in [1.82, 2.24) is 0 Å². The van der Waals surface area contributed by atoms with Crippen LogP contribution in [0.5, 0.6) is 0 Å². The Morgan fingerprint density at radius 2 is 1.75 bits per heavy atom. The van der Waals surface area contributed by atoms with Crippen LogP contribution in [0.2, 0.25) is 0 Å². The molecule has 2 heteroatoms. The van der Waals surface area contributed by atoms with Crippen LogP contribution in [0.3, 0.4) is 0 Å². The lowest BCUT2D eigenvalue weighted by Crippen LogP contribution is -2.17. The molecule has 0 amide bonds. The number of hydrogen-bond donors (Lipinski definition) is 0. The Hall–Kier alpha value is -2.09. The molecule has 0 N–H and O–H groups in total. The fourth-order valence-electron chi connectivity index (χ4n) is 2.43. The van der Waals surface area contributed by atoms with E-state index in [4.69, 9.17) is 9.73 Å².